The van der Waals surface area contributed by atoms with E-state index in [1.807, 2.05) is 19.1 Å². The predicted octanol–water partition coefficient (Wildman–Crippen LogP) is 1.98. The molecule has 1 aromatic rings. The molecule has 1 saturated heterocycles. The summed E-state index contributed by atoms with van der Waals surface area (Å²) < 4.78 is 10.9. The van der Waals surface area contributed by atoms with Gasteiger partial charge in [-0.15, -0.1) is 11.6 Å². The van der Waals surface area contributed by atoms with Crippen molar-refractivity contribution < 1.29 is 9.47 Å². The Morgan fingerprint density at radius 3 is 2.33 bits per heavy atom. The summed E-state index contributed by atoms with van der Waals surface area (Å²) in [4.78, 5) is 6.78. The van der Waals surface area contributed by atoms with Crippen LogP contribution in [0.15, 0.2) is 12.1 Å². The lowest BCUT2D eigenvalue weighted by molar-refractivity contribution is -0.00461. The molecule has 0 radical (unpaired) electrons. The largest absolute Gasteiger partial charge is 0.377 e. The molecule has 18 heavy (non-hydrogen) atoms. The number of pyridine rings is 1. The molecule has 2 atom stereocenters. The third kappa shape index (κ3) is 2.60. The van der Waals surface area contributed by atoms with Crippen LogP contribution in [0.3, 0.4) is 0 Å². The van der Waals surface area contributed by atoms with Gasteiger partial charge in [-0.25, -0.2) is 4.98 Å². The minimum atomic E-state index is 0.102. The summed E-state index contributed by atoms with van der Waals surface area (Å²) in [6.45, 7) is 3.60. The topological polar surface area (TPSA) is 34.6 Å². The first-order valence-corrected chi connectivity index (χ1v) is 6.56. The summed E-state index contributed by atoms with van der Waals surface area (Å²) >= 11 is 5.84. The molecule has 4 nitrogen and oxygen atoms in total. The van der Waals surface area contributed by atoms with Gasteiger partial charge in [-0.05, 0) is 18.6 Å². The van der Waals surface area contributed by atoms with Gasteiger partial charge >= 0.3 is 0 Å². The van der Waals surface area contributed by atoms with E-state index in [1.165, 1.54) is 0 Å². The smallest absolute Gasteiger partial charge is 0.128 e. The zero-order chi connectivity index (χ0) is 13.1. The average molecular weight is 271 g/mol. The van der Waals surface area contributed by atoms with Crippen LogP contribution >= 0.6 is 11.6 Å². The molecule has 0 aromatic carbocycles. The summed E-state index contributed by atoms with van der Waals surface area (Å²) in [5.41, 5.74) is 2.06. The van der Waals surface area contributed by atoms with E-state index in [0.717, 1.165) is 30.2 Å². The number of hydrogen-bond acceptors (Lipinski definition) is 4. The molecule has 0 amide bonds. The van der Waals surface area contributed by atoms with Crippen LogP contribution in [0.4, 0.5) is 5.82 Å². The van der Waals surface area contributed by atoms with E-state index in [4.69, 9.17) is 21.1 Å². The van der Waals surface area contributed by atoms with Crippen molar-refractivity contribution in [1.29, 1.82) is 0 Å². The maximum atomic E-state index is 5.84. The van der Waals surface area contributed by atoms with Crippen molar-refractivity contribution in [3.05, 3.63) is 23.4 Å². The predicted molar refractivity (Wildman–Crippen MR) is 72.3 cm³/mol. The van der Waals surface area contributed by atoms with Gasteiger partial charge in [0.25, 0.3) is 0 Å². The molecule has 0 aliphatic carbocycles. The summed E-state index contributed by atoms with van der Waals surface area (Å²) in [5, 5.41) is 0. The molecule has 1 aromatic heterocycles. The number of methoxy groups -OCH3 is 2. The van der Waals surface area contributed by atoms with Crippen molar-refractivity contribution >= 4 is 17.4 Å². The minimum Gasteiger partial charge on any atom is -0.377 e. The highest BCUT2D eigenvalue weighted by atomic mass is 35.5. The van der Waals surface area contributed by atoms with E-state index >= 15 is 0 Å². The highest BCUT2D eigenvalue weighted by Gasteiger charge is 2.33. The van der Waals surface area contributed by atoms with E-state index in [9.17, 15) is 0 Å². The fourth-order valence-electron chi connectivity index (χ4n) is 2.28. The molecular formula is C13H19ClN2O2. The Morgan fingerprint density at radius 2 is 1.89 bits per heavy atom. The Balaban J connectivity index is 2.15. The van der Waals surface area contributed by atoms with Gasteiger partial charge in [0.15, 0.2) is 0 Å². The second-order valence-corrected chi connectivity index (χ2v) is 4.77. The van der Waals surface area contributed by atoms with Crippen molar-refractivity contribution in [2.24, 2.45) is 0 Å². The van der Waals surface area contributed by atoms with Gasteiger partial charge in [0.1, 0.15) is 18.0 Å². The zero-order valence-corrected chi connectivity index (χ0v) is 11.8. The van der Waals surface area contributed by atoms with E-state index in [2.05, 4.69) is 9.88 Å². The fourth-order valence-corrected chi connectivity index (χ4v) is 2.56. The van der Waals surface area contributed by atoms with Crippen molar-refractivity contribution in [3.63, 3.8) is 0 Å². The van der Waals surface area contributed by atoms with Crippen LogP contribution in [0.5, 0.6) is 0 Å². The molecule has 0 saturated carbocycles. The first kappa shape index (κ1) is 13.6. The molecular weight excluding hydrogens is 252 g/mol. The minimum absolute atomic E-state index is 0.102. The Kier molecular flexibility index (Phi) is 4.43. The molecule has 5 heteroatoms. The number of anilines is 1. The Hall–Kier alpha value is -0.840. The van der Waals surface area contributed by atoms with Crippen LogP contribution in [0.2, 0.25) is 0 Å². The Morgan fingerprint density at radius 1 is 1.28 bits per heavy atom. The third-order valence-corrected chi connectivity index (χ3v) is 3.76. The second kappa shape index (κ2) is 5.87. The first-order chi connectivity index (χ1) is 8.69. The molecule has 100 valence electrons. The van der Waals surface area contributed by atoms with Crippen LogP contribution < -0.4 is 4.90 Å². The molecule has 0 spiro atoms. The summed E-state index contributed by atoms with van der Waals surface area (Å²) in [6.07, 6.45) is 0.203. The van der Waals surface area contributed by atoms with E-state index in [0.29, 0.717) is 5.88 Å². The molecule has 2 heterocycles. The molecule has 2 rings (SSSR count). The van der Waals surface area contributed by atoms with Crippen LogP contribution in [-0.2, 0) is 15.4 Å². The molecule has 0 bridgehead atoms. The lowest BCUT2D eigenvalue weighted by atomic mass is 10.2. The van der Waals surface area contributed by atoms with E-state index in [-0.39, 0.29) is 12.2 Å². The molecule has 1 aliphatic heterocycles. The highest BCUT2D eigenvalue weighted by molar-refractivity contribution is 6.17. The number of aromatic nitrogens is 1. The van der Waals surface area contributed by atoms with Gasteiger partial charge in [0.2, 0.25) is 0 Å². The average Bonchev–Trinajstić information content (AvgIpc) is 2.81. The highest BCUT2D eigenvalue weighted by Crippen LogP contribution is 2.23. The summed E-state index contributed by atoms with van der Waals surface area (Å²) in [6, 6.07) is 4.04. The van der Waals surface area contributed by atoms with Crippen LogP contribution in [0, 0.1) is 6.92 Å². The van der Waals surface area contributed by atoms with Crippen molar-refractivity contribution in [3.8, 4) is 0 Å². The molecule has 1 aliphatic rings. The van der Waals surface area contributed by atoms with Gasteiger partial charge in [-0.2, -0.15) is 0 Å². The van der Waals surface area contributed by atoms with Crippen LogP contribution in [0.1, 0.15) is 11.3 Å². The Labute approximate surface area is 113 Å². The molecule has 2 unspecified atom stereocenters. The fraction of sp³-hybridized carbons (Fsp3) is 0.615. The molecule has 1 fully saturated rings. The van der Waals surface area contributed by atoms with E-state index < -0.39 is 0 Å². The SMILES string of the molecule is COC1CN(c2ccc(CCl)c(C)n2)CC1OC. The number of alkyl halides is 1. The lowest BCUT2D eigenvalue weighted by Crippen LogP contribution is -2.27. The number of nitrogens with zero attached hydrogens (tertiary/aromatic N) is 2. The number of aryl methyl sites for hydroxylation is 1. The molecule has 0 N–H and O–H groups in total. The van der Waals surface area contributed by atoms with Crippen LogP contribution in [-0.4, -0.2) is 44.5 Å². The third-order valence-electron chi connectivity index (χ3n) is 3.47. The lowest BCUT2D eigenvalue weighted by Gasteiger charge is -2.18. The van der Waals surface area contributed by atoms with Crippen LogP contribution in [0.25, 0.3) is 0 Å². The quantitative estimate of drug-likeness (QED) is 0.784. The van der Waals surface area contributed by atoms with Crippen molar-refractivity contribution in [1.82, 2.24) is 4.98 Å². The van der Waals surface area contributed by atoms with Gasteiger partial charge < -0.3 is 14.4 Å². The van der Waals surface area contributed by atoms with Crippen molar-refractivity contribution in [2.75, 3.05) is 32.2 Å². The van der Waals surface area contributed by atoms with Gasteiger partial charge in [-0.1, -0.05) is 6.07 Å². The number of rotatable bonds is 4. The maximum Gasteiger partial charge on any atom is 0.128 e. The maximum absolute atomic E-state index is 5.84. The van der Waals surface area contributed by atoms with Gasteiger partial charge in [0, 0.05) is 38.9 Å². The number of halogens is 1. The number of hydrogen-bond donors (Lipinski definition) is 0. The summed E-state index contributed by atoms with van der Waals surface area (Å²) in [7, 11) is 3.44. The van der Waals surface area contributed by atoms with E-state index in [1.54, 1.807) is 14.2 Å². The second-order valence-electron chi connectivity index (χ2n) is 4.50. The van der Waals surface area contributed by atoms with Gasteiger partial charge in [-0.3, -0.25) is 0 Å². The number of ether oxygens (including phenoxy) is 2. The first-order valence-electron chi connectivity index (χ1n) is 6.02. The normalized spacial score (nSPS) is 23.7. The van der Waals surface area contributed by atoms with Crippen molar-refractivity contribution in [2.45, 2.75) is 25.0 Å². The monoisotopic (exact) mass is 270 g/mol. The zero-order valence-electron chi connectivity index (χ0n) is 11.0. The summed E-state index contributed by atoms with van der Waals surface area (Å²) in [5.74, 6) is 1.46. The van der Waals surface area contributed by atoms with Gasteiger partial charge in [0.05, 0.1) is 0 Å². The Bertz CT molecular complexity index is 402. The standard InChI is InChI=1S/C13H19ClN2O2/c1-9-10(6-14)4-5-13(15-9)16-7-11(17-2)12(8-16)18-3/h4-5,11-12H,6-8H2,1-3H3.